The van der Waals surface area contributed by atoms with E-state index in [0.717, 1.165) is 5.56 Å². The van der Waals surface area contributed by atoms with Crippen LogP contribution in [0.25, 0.3) is 5.69 Å². The van der Waals surface area contributed by atoms with Crippen molar-refractivity contribution < 1.29 is 18.0 Å². The van der Waals surface area contributed by atoms with Crippen molar-refractivity contribution in [1.29, 1.82) is 0 Å². The number of aromatic nitrogens is 2. The molecule has 26 heavy (non-hydrogen) atoms. The largest absolute Gasteiger partial charge is 0.344 e. The molecule has 2 N–H and O–H groups in total. The van der Waals surface area contributed by atoms with Crippen molar-refractivity contribution in [1.82, 2.24) is 15.1 Å². The molecular formula is C17H18N4O4S. The second-order valence-corrected chi connectivity index (χ2v) is 8.07. The van der Waals surface area contributed by atoms with Gasteiger partial charge in [-0.3, -0.25) is 9.59 Å². The van der Waals surface area contributed by atoms with E-state index >= 15 is 0 Å². The number of nitrogens with zero attached hydrogens (tertiary/aromatic N) is 2. The Morgan fingerprint density at radius 3 is 2.58 bits per heavy atom. The van der Waals surface area contributed by atoms with Crippen LogP contribution in [0.4, 0.5) is 5.82 Å². The number of nitrogens with one attached hydrogen (secondary N) is 2. The van der Waals surface area contributed by atoms with E-state index in [1.807, 2.05) is 19.1 Å². The van der Waals surface area contributed by atoms with Gasteiger partial charge in [0, 0.05) is 12.1 Å². The van der Waals surface area contributed by atoms with Crippen LogP contribution in [-0.2, 0) is 30.9 Å². The first-order chi connectivity index (χ1) is 12.3. The van der Waals surface area contributed by atoms with Gasteiger partial charge in [0.2, 0.25) is 0 Å². The van der Waals surface area contributed by atoms with Gasteiger partial charge in [-0.1, -0.05) is 23.8 Å². The van der Waals surface area contributed by atoms with E-state index in [1.165, 1.54) is 10.8 Å². The van der Waals surface area contributed by atoms with Crippen LogP contribution in [0.3, 0.4) is 0 Å². The lowest BCUT2D eigenvalue weighted by Crippen LogP contribution is -2.36. The summed E-state index contributed by atoms with van der Waals surface area (Å²) in [4.78, 5) is 24.0. The molecule has 3 rings (SSSR count). The molecule has 0 spiro atoms. The van der Waals surface area contributed by atoms with Gasteiger partial charge in [-0.15, -0.1) is 6.58 Å². The predicted octanol–water partition coefficient (Wildman–Crippen LogP) is 0.850. The fourth-order valence-corrected chi connectivity index (χ4v) is 4.15. The SMILES string of the molecule is C=CCNC(=O)C(=O)Nc1c2c(nn1-c1ccc(C)cc1)CS(=O)(=O)C2. The summed E-state index contributed by atoms with van der Waals surface area (Å²) in [7, 11) is -3.30. The zero-order valence-corrected chi connectivity index (χ0v) is 15.0. The first kappa shape index (κ1) is 17.9. The Morgan fingerprint density at radius 1 is 1.23 bits per heavy atom. The third-order valence-corrected chi connectivity index (χ3v) is 5.35. The zero-order chi connectivity index (χ0) is 18.9. The van der Waals surface area contributed by atoms with Crippen LogP contribution in [0.5, 0.6) is 0 Å². The lowest BCUT2D eigenvalue weighted by Gasteiger charge is -2.11. The highest BCUT2D eigenvalue weighted by atomic mass is 32.2. The highest BCUT2D eigenvalue weighted by Crippen LogP contribution is 2.32. The van der Waals surface area contributed by atoms with E-state index in [2.05, 4.69) is 22.3 Å². The molecule has 0 saturated carbocycles. The number of fused-ring (bicyclic) bond motifs is 1. The summed E-state index contributed by atoms with van der Waals surface area (Å²) in [5.41, 5.74) is 2.50. The average molecular weight is 374 g/mol. The Morgan fingerprint density at radius 2 is 1.92 bits per heavy atom. The molecule has 1 aliphatic rings. The molecule has 0 unspecified atom stereocenters. The number of hydrogen-bond acceptors (Lipinski definition) is 5. The number of benzene rings is 1. The maximum Gasteiger partial charge on any atom is 0.314 e. The molecule has 8 nitrogen and oxygen atoms in total. The van der Waals surface area contributed by atoms with Gasteiger partial charge in [0.15, 0.2) is 9.84 Å². The fourth-order valence-electron chi connectivity index (χ4n) is 2.65. The summed E-state index contributed by atoms with van der Waals surface area (Å²) in [5.74, 6) is -1.95. The normalized spacial score (nSPS) is 14.5. The number of sulfone groups is 1. The van der Waals surface area contributed by atoms with Gasteiger partial charge < -0.3 is 10.6 Å². The minimum absolute atomic E-state index is 0.149. The maximum atomic E-state index is 12.2. The topological polar surface area (TPSA) is 110 Å². The predicted molar refractivity (Wildman–Crippen MR) is 96.5 cm³/mol. The molecular weight excluding hydrogens is 356 g/mol. The number of anilines is 1. The second-order valence-electron chi connectivity index (χ2n) is 6.01. The Kier molecular flexibility index (Phi) is 4.64. The summed E-state index contributed by atoms with van der Waals surface area (Å²) in [5, 5.41) is 9.22. The number of carbonyl (C=O) groups is 2. The van der Waals surface area contributed by atoms with E-state index in [1.54, 1.807) is 12.1 Å². The van der Waals surface area contributed by atoms with Crippen molar-refractivity contribution in [3.05, 3.63) is 53.7 Å². The van der Waals surface area contributed by atoms with Crippen LogP contribution < -0.4 is 10.6 Å². The van der Waals surface area contributed by atoms with Crippen molar-refractivity contribution in [2.75, 3.05) is 11.9 Å². The Labute approximate surface area is 150 Å². The molecule has 0 saturated heterocycles. The summed E-state index contributed by atoms with van der Waals surface area (Å²) in [6.07, 6.45) is 1.45. The van der Waals surface area contributed by atoms with Gasteiger partial charge in [0.1, 0.15) is 5.82 Å². The Balaban J connectivity index is 1.99. The molecule has 0 bridgehead atoms. The molecule has 0 aliphatic carbocycles. The molecule has 1 aromatic heterocycles. The monoisotopic (exact) mass is 374 g/mol. The van der Waals surface area contributed by atoms with Crippen molar-refractivity contribution in [2.45, 2.75) is 18.4 Å². The van der Waals surface area contributed by atoms with Crippen LogP contribution in [0.1, 0.15) is 16.8 Å². The van der Waals surface area contributed by atoms with Crippen LogP contribution >= 0.6 is 0 Å². The van der Waals surface area contributed by atoms with Gasteiger partial charge in [-0.2, -0.15) is 5.10 Å². The van der Waals surface area contributed by atoms with Crippen molar-refractivity contribution >= 4 is 27.5 Å². The van der Waals surface area contributed by atoms with Crippen molar-refractivity contribution in [2.24, 2.45) is 0 Å². The summed E-state index contributed by atoms with van der Waals surface area (Å²) in [6.45, 7) is 5.55. The van der Waals surface area contributed by atoms with Crippen LogP contribution in [-0.4, -0.2) is 36.6 Å². The lowest BCUT2D eigenvalue weighted by atomic mass is 10.2. The molecule has 1 aromatic carbocycles. The molecule has 0 atom stereocenters. The number of aryl methyl sites for hydroxylation is 1. The number of amides is 2. The molecule has 9 heteroatoms. The van der Waals surface area contributed by atoms with Gasteiger partial charge in [-0.05, 0) is 19.1 Å². The van der Waals surface area contributed by atoms with Crippen LogP contribution in [0.2, 0.25) is 0 Å². The van der Waals surface area contributed by atoms with Crippen LogP contribution in [0.15, 0.2) is 36.9 Å². The van der Waals surface area contributed by atoms with Crippen molar-refractivity contribution in [3.63, 3.8) is 0 Å². The van der Waals surface area contributed by atoms with E-state index in [9.17, 15) is 18.0 Å². The molecule has 2 aromatic rings. The van der Waals surface area contributed by atoms with E-state index in [-0.39, 0.29) is 23.9 Å². The van der Waals surface area contributed by atoms with Gasteiger partial charge >= 0.3 is 11.8 Å². The minimum Gasteiger partial charge on any atom is -0.344 e. The molecule has 0 fully saturated rings. The average Bonchev–Trinajstić information content (AvgIpc) is 3.06. The Bertz CT molecular complexity index is 991. The summed E-state index contributed by atoms with van der Waals surface area (Å²) < 4.78 is 25.3. The quantitative estimate of drug-likeness (QED) is 0.609. The maximum absolute atomic E-state index is 12.2. The molecule has 136 valence electrons. The zero-order valence-electron chi connectivity index (χ0n) is 14.2. The lowest BCUT2D eigenvalue weighted by molar-refractivity contribution is -0.136. The number of hydrogen-bond donors (Lipinski definition) is 2. The molecule has 2 heterocycles. The minimum atomic E-state index is -3.30. The van der Waals surface area contributed by atoms with E-state index in [0.29, 0.717) is 16.9 Å². The first-order valence-electron chi connectivity index (χ1n) is 7.89. The van der Waals surface area contributed by atoms with E-state index in [4.69, 9.17) is 0 Å². The second kappa shape index (κ2) is 6.75. The summed E-state index contributed by atoms with van der Waals surface area (Å²) >= 11 is 0. The third-order valence-electron chi connectivity index (χ3n) is 3.91. The highest BCUT2D eigenvalue weighted by molar-refractivity contribution is 7.90. The molecule has 1 aliphatic heterocycles. The number of carbonyl (C=O) groups excluding carboxylic acids is 2. The standard InChI is InChI=1S/C17H18N4O4S/c1-3-8-18-16(22)17(23)19-15-13-9-26(24,25)10-14(13)20-21(15)12-6-4-11(2)5-7-12/h3-7H,1,8-10H2,2H3,(H,18,22)(H,19,23). The van der Waals surface area contributed by atoms with Gasteiger partial charge in [-0.25, -0.2) is 13.1 Å². The molecule has 2 amide bonds. The third kappa shape index (κ3) is 3.52. The van der Waals surface area contributed by atoms with Crippen molar-refractivity contribution in [3.8, 4) is 5.69 Å². The summed E-state index contributed by atoms with van der Waals surface area (Å²) in [6, 6.07) is 7.36. The first-order valence-corrected chi connectivity index (χ1v) is 9.71. The smallest absolute Gasteiger partial charge is 0.314 e. The highest BCUT2D eigenvalue weighted by Gasteiger charge is 2.33. The van der Waals surface area contributed by atoms with Gasteiger partial charge in [0.25, 0.3) is 0 Å². The van der Waals surface area contributed by atoms with Gasteiger partial charge in [0.05, 0.1) is 22.9 Å². The Hall–Kier alpha value is -2.94. The fraction of sp³-hybridized carbons (Fsp3) is 0.235. The van der Waals surface area contributed by atoms with Crippen LogP contribution in [0, 0.1) is 6.92 Å². The number of rotatable bonds is 4. The molecule has 0 radical (unpaired) electrons. The van der Waals surface area contributed by atoms with E-state index < -0.39 is 21.7 Å².